The summed E-state index contributed by atoms with van der Waals surface area (Å²) in [5.41, 5.74) is 2.00. The molecule has 1 N–H and O–H groups in total. The number of aliphatic hydroxyl groups is 1. The van der Waals surface area contributed by atoms with Crippen LogP contribution in [0.3, 0.4) is 0 Å². The van der Waals surface area contributed by atoms with Crippen molar-refractivity contribution in [3.05, 3.63) is 65.7 Å². The molecule has 1 heterocycles. The zero-order chi connectivity index (χ0) is 20.4. The van der Waals surface area contributed by atoms with Gasteiger partial charge in [0.25, 0.3) is 0 Å². The van der Waals surface area contributed by atoms with Gasteiger partial charge in [-0.3, -0.25) is 4.90 Å². The SMILES string of the molecule is CC(C)(C)c1ccc(S(=O)(=O)N2CCN(C[C@H](O)c3ccccc3)CC2)cc1. The van der Waals surface area contributed by atoms with E-state index in [2.05, 4.69) is 25.7 Å². The highest BCUT2D eigenvalue weighted by molar-refractivity contribution is 7.89. The van der Waals surface area contributed by atoms with Crippen molar-refractivity contribution >= 4 is 10.0 Å². The van der Waals surface area contributed by atoms with Crippen LogP contribution >= 0.6 is 0 Å². The summed E-state index contributed by atoms with van der Waals surface area (Å²) in [6.07, 6.45) is -0.561. The number of aliphatic hydroxyl groups excluding tert-OH is 1. The standard InChI is InChI=1S/C22H30N2O3S/c1-22(2,3)19-9-11-20(12-10-19)28(26,27)24-15-13-23(14-16-24)17-21(25)18-7-5-4-6-8-18/h4-12,21,25H,13-17H2,1-3H3/t21-/m0/s1. The Bertz CT molecular complexity index is 866. The van der Waals surface area contributed by atoms with Crippen molar-refractivity contribution in [1.29, 1.82) is 0 Å². The molecule has 6 heteroatoms. The molecule has 3 rings (SSSR count). The van der Waals surface area contributed by atoms with Gasteiger partial charge in [-0.2, -0.15) is 4.31 Å². The first-order valence-electron chi connectivity index (χ1n) is 9.74. The van der Waals surface area contributed by atoms with Crippen molar-refractivity contribution < 1.29 is 13.5 Å². The molecule has 28 heavy (non-hydrogen) atoms. The third-order valence-corrected chi connectivity index (χ3v) is 7.22. The molecule has 0 aliphatic carbocycles. The highest BCUT2D eigenvalue weighted by Gasteiger charge is 2.29. The Morgan fingerprint density at radius 2 is 1.50 bits per heavy atom. The van der Waals surface area contributed by atoms with Crippen LogP contribution in [0.2, 0.25) is 0 Å². The predicted octanol–water partition coefficient (Wildman–Crippen LogP) is 3.02. The summed E-state index contributed by atoms with van der Waals surface area (Å²) >= 11 is 0. The Kier molecular flexibility index (Phi) is 6.25. The molecular weight excluding hydrogens is 372 g/mol. The summed E-state index contributed by atoms with van der Waals surface area (Å²) in [7, 11) is -3.48. The van der Waals surface area contributed by atoms with E-state index < -0.39 is 16.1 Å². The highest BCUT2D eigenvalue weighted by Crippen LogP contribution is 2.25. The minimum absolute atomic E-state index is 0.00644. The molecule has 2 aromatic carbocycles. The third kappa shape index (κ3) is 4.81. The van der Waals surface area contributed by atoms with E-state index in [1.54, 1.807) is 16.4 Å². The van der Waals surface area contributed by atoms with Gasteiger partial charge in [0.1, 0.15) is 0 Å². The second-order valence-electron chi connectivity index (χ2n) is 8.41. The molecule has 1 aliphatic heterocycles. The van der Waals surface area contributed by atoms with Gasteiger partial charge in [-0.25, -0.2) is 8.42 Å². The maximum Gasteiger partial charge on any atom is 0.243 e. The van der Waals surface area contributed by atoms with E-state index >= 15 is 0 Å². The van der Waals surface area contributed by atoms with Crippen LogP contribution in [0.15, 0.2) is 59.5 Å². The van der Waals surface area contributed by atoms with Crippen molar-refractivity contribution in [3.63, 3.8) is 0 Å². The Morgan fingerprint density at radius 1 is 0.929 bits per heavy atom. The molecule has 1 fully saturated rings. The maximum absolute atomic E-state index is 13.0. The van der Waals surface area contributed by atoms with E-state index in [-0.39, 0.29) is 5.41 Å². The van der Waals surface area contributed by atoms with Gasteiger partial charge in [-0.05, 0) is 28.7 Å². The fourth-order valence-electron chi connectivity index (χ4n) is 3.45. The number of hydrogen-bond donors (Lipinski definition) is 1. The molecular formula is C22H30N2O3S. The monoisotopic (exact) mass is 402 g/mol. The summed E-state index contributed by atoms with van der Waals surface area (Å²) in [6, 6.07) is 16.8. The largest absolute Gasteiger partial charge is 0.387 e. The molecule has 1 aliphatic rings. The Morgan fingerprint density at radius 3 is 2.04 bits per heavy atom. The number of sulfonamides is 1. The van der Waals surface area contributed by atoms with Crippen LogP contribution in [-0.4, -0.2) is 55.5 Å². The topological polar surface area (TPSA) is 60.9 Å². The lowest BCUT2D eigenvalue weighted by atomic mass is 9.87. The number of rotatable bonds is 5. The van der Waals surface area contributed by atoms with E-state index in [9.17, 15) is 13.5 Å². The first-order chi connectivity index (χ1) is 13.2. The molecule has 152 valence electrons. The minimum atomic E-state index is -3.48. The lowest BCUT2D eigenvalue weighted by Crippen LogP contribution is -2.49. The normalized spacial score (nSPS) is 18.1. The zero-order valence-corrected chi connectivity index (χ0v) is 17.7. The fourth-order valence-corrected chi connectivity index (χ4v) is 4.88. The highest BCUT2D eigenvalue weighted by atomic mass is 32.2. The van der Waals surface area contributed by atoms with Crippen molar-refractivity contribution in [2.45, 2.75) is 37.2 Å². The smallest absolute Gasteiger partial charge is 0.243 e. The van der Waals surface area contributed by atoms with Gasteiger partial charge in [0, 0.05) is 32.7 Å². The molecule has 0 saturated carbocycles. The molecule has 0 bridgehead atoms. The van der Waals surface area contributed by atoms with Crippen LogP contribution in [-0.2, 0) is 15.4 Å². The summed E-state index contributed by atoms with van der Waals surface area (Å²) in [6.45, 7) is 8.94. The van der Waals surface area contributed by atoms with Crippen LogP contribution in [0.4, 0.5) is 0 Å². The molecule has 2 aromatic rings. The number of benzene rings is 2. The van der Waals surface area contributed by atoms with E-state index in [4.69, 9.17) is 0 Å². The molecule has 0 spiro atoms. The number of nitrogens with zero attached hydrogens (tertiary/aromatic N) is 2. The van der Waals surface area contributed by atoms with E-state index in [0.717, 1.165) is 11.1 Å². The zero-order valence-electron chi connectivity index (χ0n) is 16.9. The molecule has 5 nitrogen and oxygen atoms in total. The molecule has 0 aromatic heterocycles. The van der Waals surface area contributed by atoms with E-state index in [0.29, 0.717) is 37.6 Å². The summed E-state index contributed by atoms with van der Waals surface area (Å²) in [5, 5.41) is 10.4. The first kappa shape index (κ1) is 21.0. The summed E-state index contributed by atoms with van der Waals surface area (Å²) < 4.78 is 27.5. The van der Waals surface area contributed by atoms with Crippen LogP contribution in [0.1, 0.15) is 38.0 Å². The van der Waals surface area contributed by atoms with E-state index in [1.807, 2.05) is 42.5 Å². The van der Waals surface area contributed by atoms with Gasteiger partial charge in [0.05, 0.1) is 11.0 Å². The molecule has 0 amide bonds. The Labute approximate surface area is 168 Å². The van der Waals surface area contributed by atoms with Gasteiger partial charge in [0.15, 0.2) is 0 Å². The molecule has 1 saturated heterocycles. The van der Waals surface area contributed by atoms with E-state index in [1.165, 1.54) is 0 Å². The maximum atomic E-state index is 13.0. The van der Waals surface area contributed by atoms with Crippen molar-refractivity contribution in [2.75, 3.05) is 32.7 Å². The molecule has 0 unspecified atom stereocenters. The van der Waals surface area contributed by atoms with Gasteiger partial charge in [-0.15, -0.1) is 0 Å². The van der Waals surface area contributed by atoms with Crippen molar-refractivity contribution in [2.24, 2.45) is 0 Å². The summed E-state index contributed by atoms with van der Waals surface area (Å²) in [4.78, 5) is 2.46. The lowest BCUT2D eigenvalue weighted by Gasteiger charge is -2.35. The average Bonchev–Trinajstić information content (AvgIpc) is 2.68. The first-order valence-corrected chi connectivity index (χ1v) is 11.2. The van der Waals surface area contributed by atoms with Gasteiger partial charge >= 0.3 is 0 Å². The third-order valence-electron chi connectivity index (χ3n) is 5.30. The minimum Gasteiger partial charge on any atom is -0.387 e. The quantitative estimate of drug-likeness (QED) is 0.835. The molecule has 1 atom stereocenters. The fraction of sp³-hybridized carbons (Fsp3) is 0.455. The number of hydrogen-bond acceptors (Lipinski definition) is 4. The summed E-state index contributed by atoms with van der Waals surface area (Å²) in [5.74, 6) is 0. The lowest BCUT2D eigenvalue weighted by molar-refractivity contribution is 0.0921. The molecule has 0 radical (unpaired) electrons. The second kappa shape index (κ2) is 8.33. The number of piperazine rings is 1. The van der Waals surface area contributed by atoms with Crippen LogP contribution in [0.5, 0.6) is 0 Å². The Balaban J connectivity index is 1.60. The van der Waals surface area contributed by atoms with Crippen LogP contribution in [0.25, 0.3) is 0 Å². The number of β-amino-alcohol motifs (C(OH)–C–C–N with tert-alkyl or cyclic N) is 1. The van der Waals surface area contributed by atoms with Gasteiger partial charge in [0.2, 0.25) is 10.0 Å². The van der Waals surface area contributed by atoms with Gasteiger partial charge < -0.3 is 5.11 Å². The predicted molar refractivity (Wildman–Crippen MR) is 112 cm³/mol. The van der Waals surface area contributed by atoms with Crippen LogP contribution in [0, 0.1) is 0 Å². The van der Waals surface area contributed by atoms with Crippen molar-refractivity contribution in [1.82, 2.24) is 9.21 Å². The van der Waals surface area contributed by atoms with Crippen LogP contribution < -0.4 is 0 Å². The van der Waals surface area contributed by atoms with Crippen molar-refractivity contribution in [3.8, 4) is 0 Å². The Hall–Kier alpha value is -1.73. The second-order valence-corrected chi connectivity index (χ2v) is 10.3. The van der Waals surface area contributed by atoms with Gasteiger partial charge in [-0.1, -0.05) is 63.2 Å². The average molecular weight is 403 g/mol.